The van der Waals surface area contributed by atoms with E-state index in [9.17, 15) is 14.9 Å². The number of hydrogen-bond donors (Lipinski definition) is 0. The Balaban J connectivity index is 1.86. The number of benzene rings is 1. The molecule has 0 spiro atoms. The van der Waals surface area contributed by atoms with Crippen molar-refractivity contribution in [3.05, 3.63) is 63.6 Å². The maximum atomic E-state index is 13.2. The number of amides is 1. The van der Waals surface area contributed by atoms with Crippen molar-refractivity contribution in [3.63, 3.8) is 0 Å². The van der Waals surface area contributed by atoms with Crippen molar-refractivity contribution in [2.45, 2.75) is 32.4 Å². The zero-order chi connectivity index (χ0) is 18.7. The highest BCUT2D eigenvalue weighted by Crippen LogP contribution is 2.24. The molecule has 1 fully saturated rings. The maximum absolute atomic E-state index is 13.2. The topological polar surface area (TPSA) is 79.8 Å². The van der Waals surface area contributed by atoms with Crippen LogP contribution in [0.2, 0.25) is 0 Å². The van der Waals surface area contributed by atoms with Crippen molar-refractivity contribution >= 4 is 11.6 Å². The van der Waals surface area contributed by atoms with Gasteiger partial charge < -0.3 is 14.2 Å². The van der Waals surface area contributed by atoms with E-state index >= 15 is 0 Å². The standard InChI is InChI=1S/C19H23N3O4/c1-14-12-15(5-6-18(14)22(24)25)19(23)21(13-17-4-3-11-26-17)16-7-9-20(2)10-8-16/h3-6,11-12,16H,7-10,13H2,1-2H3. The number of likely N-dealkylation sites (tertiary alicyclic amines) is 1. The second kappa shape index (κ2) is 7.70. The molecule has 0 N–H and O–H groups in total. The van der Waals surface area contributed by atoms with Gasteiger partial charge in [0.1, 0.15) is 5.76 Å². The van der Waals surface area contributed by atoms with Crippen LogP contribution in [-0.4, -0.2) is 46.8 Å². The van der Waals surface area contributed by atoms with Crippen molar-refractivity contribution in [1.29, 1.82) is 0 Å². The first-order chi connectivity index (χ1) is 12.5. The molecule has 3 rings (SSSR count). The monoisotopic (exact) mass is 357 g/mol. The first-order valence-corrected chi connectivity index (χ1v) is 8.72. The lowest BCUT2D eigenvalue weighted by Crippen LogP contribution is -2.46. The molecule has 1 amide bonds. The summed E-state index contributed by atoms with van der Waals surface area (Å²) in [6.07, 6.45) is 3.40. The molecule has 0 saturated carbocycles. The third-order valence-electron chi connectivity index (χ3n) is 4.94. The first kappa shape index (κ1) is 18.1. The number of carbonyl (C=O) groups excluding carboxylic acids is 1. The fourth-order valence-corrected chi connectivity index (χ4v) is 3.40. The summed E-state index contributed by atoms with van der Waals surface area (Å²) in [5.41, 5.74) is 0.985. The summed E-state index contributed by atoms with van der Waals surface area (Å²) < 4.78 is 5.44. The van der Waals surface area contributed by atoms with Gasteiger partial charge in [0.25, 0.3) is 11.6 Å². The summed E-state index contributed by atoms with van der Waals surface area (Å²) in [5, 5.41) is 11.0. The number of nitrogens with zero attached hydrogens (tertiary/aromatic N) is 3. The molecule has 7 nitrogen and oxygen atoms in total. The molecule has 7 heteroatoms. The van der Waals surface area contributed by atoms with E-state index in [1.807, 2.05) is 17.0 Å². The minimum absolute atomic E-state index is 0.0263. The van der Waals surface area contributed by atoms with Gasteiger partial charge in [0.05, 0.1) is 17.7 Å². The van der Waals surface area contributed by atoms with E-state index in [0.717, 1.165) is 31.7 Å². The zero-order valence-corrected chi connectivity index (χ0v) is 15.1. The zero-order valence-electron chi connectivity index (χ0n) is 15.1. The van der Waals surface area contributed by atoms with Crippen LogP contribution >= 0.6 is 0 Å². The smallest absolute Gasteiger partial charge is 0.272 e. The Kier molecular flexibility index (Phi) is 5.37. The van der Waals surface area contributed by atoms with E-state index in [4.69, 9.17) is 4.42 Å². The van der Waals surface area contributed by atoms with Gasteiger partial charge in [-0.25, -0.2) is 0 Å². The first-order valence-electron chi connectivity index (χ1n) is 8.72. The lowest BCUT2D eigenvalue weighted by molar-refractivity contribution is -0.385. The van der Waals surface area contributed by atoms with Crippen LogP contribution in [0.15, 0.2) is 41.0 Å². The van der Waals surface area contributed by atoms with E-state index < -0.39 is 4.92 Å². The van der Waals surface area contributed by atoms with Gasteiger partial charge in [-0.1, -0.05) is 0 Å². The molecule has 1 aliphatic heterocycles. The largest absolute Gasteiger partial charge is 0.467 e. The van der Waals surface area contributed by atoms with Crippen LogP contribution < -0.4 is 0 Å². The van der Waals surface area contributed by atoms with Crippen LogP contribution in [0, 0.1) is 17.0 Å². The van der Waals surface area contributed by atoms with Crippen molar-refractivity contribution in [2.24, 2.45) is 0 Å². The molecular formula is C19H23N3O4. The van der Waals surface area contributed by atoms with E-state index in [1.54, 1.807) is 19.3 Å². The van der Waals surface area contributed by atoms with Crippen molar-refractivity contribution in [2.75, 3.05) is 20.1 Å². The van der Waals surface area contributed by atoms with Crippen molar-refractivity contribution in [3.8, 4) is 0 Å². The van der Waals surface area contributed by atoms with E-state index in [2.05, 4.69) is 11.9 Å². The molecule has 0 atom stereocenters. The van der Waals surface area contributed by atoms with Crippen LogP contribution in [-0.2, 0) is 6.54 Å². The SMILES string of the molecule is Cc1cc(C(=O)N(Cc2ccco2)C2CCN(C)CC2)ccc1[N+](=O)[O-]. The summed E-state index contributed by atoms with van der Waals surface area (Å²) >= 11 is 0. The predicted octanol–water partition coefficient (Wildman–Crippen LogP) is 3.23. The Bertz CT molecular complexity index is 780. The molecule has 0 bridgehead atoms. The number of rotatable bonds is 5. The van der Waals surface area contributed by atoms with Crippen molar-refractivity contribution < 1.29 is 14.1 Å². The van der Waals surface area contributed by atoms with Crippen LogP contribution in [0.3, 0.4) is 0 Å². The molecule has 2 heterocycles. The van der Waals surface area contributed by atoms with Gasteiger partial charge in [-0.15, -0.1) is 0 Å². The van der Waals surface area contributed by atoms with Crippen LogP contribution in [0.5, 0.6) is 0 Å². The molecule has 26 heavy (non-hydrogen) atoms. The molecule has 1 aromatic carbocycles. The maximum Gasteiger partial charge on any atom is 0.272 e. The molecule has 1 aliphatic rings. The van der Waals surface area contributed by atoms with Crippen LogP contribution in [0.25, 0.3) is 0 Å². The number of hydrogen-bond acceptors (Lipinski definition) is 5. The Morgan fingerprint density at radius 1 is 1.35 bits per heavy atom. The van der Waals surface area contributed by atoms with E-state index in [0.29, 0.717) is 17.7 Å². The van der Waals surface area contributed by atoms with Crippen LogP contribution in [0.4, 0.5) is 5.69 Å². The Hall–Kier alpha value is -2.67. The quantitative estimate of drug-likeness (QED) is 0.606. The lowest BCUT2D eigenvalue weighted by Gasteiger charge is -2.37. The fourth-order valence-electron chi connectivity index (χ4n) is 3.40. The van der Waals surface area contributed by atoms with Crippen molar-refractivity contribution in [1.82, 2.24) is 9.80 Å². The normalized spacial score (nSPS) is 15.8. The third kappa shape index (κ3) is 3.94. The molecule has 0 aliphatic carbocycles. The molecule has 2 aromatic rings. The van der Waals surface area contributed by atoms with Gasteiger partial charge in [-0.2, -0.15) is 0 Å². The summed E-state index contributed by atoms with van der Waals surface area (Å²) in [6, 6.07) is 8.34. The van der Waals surface area contributed by atoms with Gasteiger partial charge >= 0.3 is 0 Å². The average molecular weight is 357 g/mol. The number of piperidine rings is 1. The third-order valence-corrected chi connectivity index (χ3v) is 4.94. The Morgan fingerprint density at radius 2 is 2.08 bits per heavy atom. The highest BCUT2D eigenvalue weighted by atomic mass is 16.6. The summed E-state index contributed by atoms with van der Waals surface area (Å²) in [4.78, 5) is 27.9. The van der Waals surface area contributed by atoms with E-state index in [1.165, 1.54) is 12.1 Å². The fraction of sp³-hybridized carbons (Fsp3) is 0.421. The Morgan fingerprint density at radius 3 is 2.65 bits per heavy atom. The van der Waals surface area contributed by atoms with Gasteiger partial charge in [0.15, 0.2) is 0 Å². The summed E-state index contributed by atoms with van der Waals surface area (Å²) in [6.45, 7) is 3.93. The van der Waals surface area contributed by atoms with Gasteiger partial charge in [-0.05, 0) is 64.2 Å². The minimum atomic E-state index is -0.429. The van der Waals surface area contributed by atoms with Gasteiger partial charge in [-0.3, -0.25) is 14.9 Å². The van der Waals surface area contributed by atoms with E-state index in [-0.39, 0.29) is 17.6 Å². The minimum Gasteiger partial charge on any atom is -0.467 e. The summed E-state index contributed by atoms with van der Waals surface area (Å²) in [5.74, 6) is 0.616. The second-order valence-electron chi connectivity index (χ2n) is 6.81. The Labute approximate surface area is 152 Å². The average Bonchev–Trinajstić information content (AvgIpc) is 3.13. The highest BCUT2D eigenvalue weighted by molar-refractivity contribution is 5.95. The predicted molar refractivity (Wildman–Crippen MR) is 96.9 cm³/mol. The number of nitro groups is 1. The number of nitro benzene ring substituents is 1. The molecule has 1 saturated heterocycles. The number of aryl methyl sites for hydroxylation is 1. The highest BCUT2D eigenvalue weighted by Gasteiger charge is 2.29. The molecular weight excluding hydrogens is 334 g/mol. The number of furan rings is 1. The number of carbonyl (C=O) groups is 1. The summed E-state index contributed by atoms with van der Waals surface area (Å²) in [7, 11) is 2.08. The second-order valence-corrected chi connectivity index (χ2v) is 6.81. The lowest BCUT2D eigenvalue weighted by atomic mass is 10.0. The van der Waals surface area contributed by atoms with Gasteiger partial charge in [0.2, 0.25) is 0 Å². The molecule has 0 unspecified atom stereocenters. The molecule has 1 aromatic heterocycles. The van der Waals surface area contributed by atoms with Crippen LogP contribution in [0.1, 0.15) is 34.5 Å². The van der Waals surface area contributed by atoms with Gasteiger partial charge in [0, 0.05) is 23.2 Å². The molecule has 138 valence electrons. The molecule has 0 radical (unpaired) electrons.